The van der Waals surface area contributed by atoms with Gasteiger partial charge in [-0.3, -0.25) is 0 Å². The monoisotopic (exact) mass is 407 g/mol. The number of benzene rings is 2. The van der Waals surface area contributed by atoms with Gasteiger partial charge >= 0.3 is 0 Å². The molecule has 4 heteroatoms. The first kappa shape index (κ1) is 19.1. The number of thioether (sulfide) groups is 1. The first-order valence-electron chi connectivity index (χ1n) is 9.75. The fraction of sp³-hybridized carbons (Fsp3) is 0.208. The van der Waals surface area contributed by atoms with Crippen molar-refractivity contribution in [2.45, 2.75) is 31.7 Å². The lowest BCUT2D eigenvalue weighted by atomic mass is 10.1. The Morgan fingerprint density at radius 2 is 1.96 bits per heavy atom. The van der Waals surface area contributed by atoms with Crippen LogP contribution in [0.15, 0.2) is 76.8 Å². The molecule has 1 aromatic heterocycles. The zero-order valence-electron chi connectivity index (χ0n) is 16.2. The molecule has 4 rings (SSSR count). The summed E-state index contributed by atoms with van der Waals surface area (Å²) >= 11 is 8.00. The molecule has 28 heavy (non-hydrogen) atoms. The zero-order valence-corrected chi connectivity index (χ0v) is 17.8. The summed E-state index contributed by atoms with van der Waals surface area (Å²) < 4.78 is 2.33. The van der Waals surface area contributed by atoms with Crippen molar-refractivity contribution in [3.8, 4) is 0 Å². The van der Waals surface area contributed by atoms with Gasteiger partial charge in [-0.15, -0.1) is 0 Å². The average molecular weight is 408 g/mol. The van der Waals surface area contributed by atoms with E-state index in [2.05, 4.69) is 90.2 Å². The molecule has 0 radical (unpaired) electrons. The Morgan fingerprint density at radius 1 is 1.11 bits per heavy atom. The van der Waals surface area contributed by atoms with E-state index in [0.717, 1.165) is 24.5 Å². The topological polar surface area (TPSA) is 7.12 Å². The molecule has 0 aliphatic carbocycles. The van der Waals surface area contributed by atoms with Gasteiger partial charge in [0.15, 0.2) is 6.20 Å². The van der Waals surface area contributed by atoms with Crippen LogP contribution in [0.5, 0.6) is 0 Å². The summed E-state index contributed by atoms with van der Waals surface area (Å²) in [4.78, 5) is 3.57. The Labute approximate surface area is 176 Å². The number of para-hydroxylation sites is 1. The SMILES string of the molecule is CCC[n+]1ccc(/C=C/C=C2\Sc3ccc(Cl)cc3N2CC)c2ccccc21. The maximum absolute atomic E-state index is 6.20. The fourth-order valence-corrected chi connectivity index (χ4v) is 4.93. The van der Waals surface area contributed by atoms with Crippen molar-refractivity contribution in [2.24, 2.45) is 0 Å². The van der Waals surface area contributed by atoms with Crippen molar-refractivity contribution in [1.29, 1.82) is 0 Å². The number of aryl methyl sites for hydroxylation is 1. The van der Waals surface area contributed by atoms with E-state index >= 15 is 0 Å². The third-order valence-electron chi connectivity index (χ3n) is 4.95. The van der Waals surface area contributed by atoms with E-state index in [1.165, 1.54) is 32.1 Å². The first-order valence-corrected chi connectivity index (χ1v) is 10.9. The number of halogens is 1. The third-order valence-corrected chi connectivity index (χ3v) is 6.31. The van der Waals surface area contributed by atoms with Crippen LogP contribution in [0.3, 0.4) is 0 Å². The van der Waals surface area contributed by atoms with Crippen LogP contribution < -0.4 is 9.47 Å². The van der Waals surface area contributed by atoms with Crippen molar-refractivity contribution in [3.63, 3.8) is 0 Å². The second-order valence-corrected chi connectivity index (χ2v) is 8.30. The zero-order chi connectivity index (χ0) is 19.5. The van der Waals surface area contributed by atoms with Gasteiger partial charge in [-0.1, -0.05) is 54.6 Å². The van der Waals surface area contributed by atoms with Crippen molar-refractivity contribution >= 4 is 46.0 Å². The van der Waals surface area contributed by atoms with Crippen LogP contribution in [-0.4, -0.2) is 6.54 Å². The highest BCUT2D eigenvalue weighted by atomic mass is 35.5. The molecule has 0 saturated heterocycles. The maximum Gasteiger partial charge on any atom is 0.213 e. The number of pyridine rings is 1. The summed E-state index contributed by atoms with van der Waals surface area (Å²) in [6.07, 6.45) is 9.88. The van der Waals surface area contributed by atoms with E-state index in [-0.39, 0.29) is 0 Å². The Balaban J connectivity index is 1.64. The fourth-order valence-electron chi connectivity index (χ4n) is 3.65. The van der Waals surface area contributed by atoms with Gasteiger partial charge in [-0.05, 0) is 42.8 Å². The Kier molecular flexibility index (Phi) is 5.74. The number of nitrogens with zero attached hydrogens (tertiary/aromatic N) is 2. The predicted molar refractivity (Wildman–Crippen MR) is 122 cm³/mol. The standard InChI is InChI=1S/C24H24ClN2S/c1-3-15-26-16-14-18(20-9-5-6-10-21(20)26)8-7-11-24-27(4-2)22-17-19(25)12-13-23(22)28-24/h5-14,16-17H,3-4,15H2,1-2H3/q+1. The number of hydrogen-bond donors (Lipinski definition) is 0. The van der Waals surface area contributed by atoms with Crippen molar-refractivity contribution < 1.29 is 4.57 Å². The van der Waals surface area contributed by atoms with Crippen LogP contribution in [0, 0.1) is 0 Å². The lowest BCUT2D eigenvalue weighted by molar-refractivity contribution is -0.671. The minimum atomic E-state index is 0.783. The van der Waals surface area contributed by atoms with Gasteiger partial charge in [0.2, 0.25) is 5.52 Å². The largest absolute Gasteiger partial charge is 0.335 e. The van der Waals surface area contributed by atoms with Crippen LogP contribution in [-0.2, 0) is 6.54 Å². The predicted octanol–water partition coefficient (Wildman–Crippen LogP) is 6.68. The van der Waals surface area contributed by atoms with Gasteiger partial charge in [0.25, 0.3) is 0 Å². The molecule has 1 aliphatic heterocycles. The first-order chi connectivity index (χ1) is 13.7. The number of anilines is 1. The molecule has 142 valence electrons. The van der Waals surface area contributed by atoms with E-state index < -0.39 is 0 Å². The lowest BCUT2D eigenvalue weighted by Gasteiger charge is -2.17. The quantitative estimate of drug-likeness (QED) is 0.435. The highest BCUT2D eigenvalue weighted by molar-refractivity contribution is 8.03. The van der Waals surface area contributed by atoms with E-state index in [0.29, 0.717) is 0 Å². The summed E-state index contributed by atoms with van der Waals surface area (Å²) in [6, 6.07) is 17.0. The third kappa shape index (κ3) is 3.69. The molecule has 0 saturated carbocycles. The molecule has 2 aromatic carbocycles. The highest BCUT2D eigenvalue weighted by Crippen LogP contribution is 2.46. The normalized spacial score (nSPS) is 15.1. The number of rotatable bonds is 5. The molecule has 2 heterocycles. The van der Waals surface area contributed by atoms with Gasteiger partial charge in [0.1, 0.15) is 6.54 Å². The van der Waals surface area contributed by atoms with Crippen LogP contribution in [0.25, 0.3) is 17.0 Å². The minimum Gasteiger partial charge on any atom is -0.335 e. The maximum atomic E-state index is 6.20. The molecule has 2 nitrogen and oxygen atoms in total. The van der Waals surface area contributed by atoms with E-state index in [1.54, 1.807) is 11.8 Å². The van der Waals surface area contributed by atoms with E-state index in [9.17, 15) is 0 Å². The molecular formula is C24H24ClN2S+. The lowest BCUT2D eigenvalue weighted by Crippen LogP contribution is -2.33. The molecule has 0 spiro atoms. The van der Waals surface area contributed by atoms with Gasteiger partial charge in [0, 0.05) is 35.0 Å². The number of hydrogen-bond acceptors (Lipinski definition) is 2. The molecular weight excluding hydrogens is 384 g/mol. The van der Waals surface area contributed by atoms with Crippen LogP contribution in [0.4, 0.5) is 5.69 Å². The van der Waals surface area contributed by atoms with Crippen molar-refractivity contribution in [1.82, 2.24) is 0 Å². The van der Waals surface area contributed by atoms with Crippen molar-refractivity contribution in [3.05, 3.63) is 82.5 Å². The summed E-state index contributed by atoms with van der Waals surface area (Å²) in [7, 11) is 0. The van der Waals surface area contributed by atoms with E-state index in [4.69, 9.17) is 11.6 Å². The summed E-state index contributed by atoms with van der Waals surface area (Å²) in [5, 5.41) is 3.30. The van der Waals surface area contributed by atoms with Crippen LogP contribution >= 0.6 is 23.4 Å². The molecule has 0 fully saturated rings. The van der Waals surface area contributed by atoms with Gasteiger partial charge in [-0.25, -0.2) is 0 Å². The van der Waals surface area contributed by atoms with Gasteiger partial charge in [-0.2, -0.15) is 4.57 Å². The molecule has 0 unspecified atom stereocenters. The Hall–Kier alpha value is -2.23. The molecule has 0 atom stereocenters. The van der Waals surface area contributed by atoms with Gasteiger partial charge in [0.05, 0.1) is 16.1 Å². The smallest absolute Gasteiger partial charge is 0.213 e. The summed E-state index contributed by atoms with van der Waals surface area (Å²) in [5.41, 5.74) is 3.73. The van der Waals surface area contributed by atoms with Crippen LogP contribution in [0.1, 0.15) is 25.8 Å². The molecule has 1 aliphatic rings. The molecule has 3 aromatic rings. The second-order valence-electron chi connectivity index (χ2n) is 6.80. The summed E-state index contributed by atoms with van der Waals surface area (Å²) in [5.74, 6) is 0. The number of allylic oxidation sites excluding steroid dienone is 2. The molecule has 0 bridgehead atoms. The van der Waals surface area contributed by atoms with Crippen molar-refractivity contribution in [2.75, 3.05) is 11.4 Å². The molecule has 0 N–H and O–H groups in total. The number of aromatic nitrogens is 1. The minimum absolute atomic E-state index is 0.783. The number of fused-ring (bicyclic) bond motifs is 2. The summed E-state index contributed by atoms with van der Waals surface area (Å²) in [6.45, 7) is 6.35. The van der Waals surface area contributed by atoms with Crippen LogP contribution in [0.2, 0.25) is 5.02 Å². The highest BCUT2D eigenvalue weighted by Gasteiger charge is 2.23. The molecule has 0 amide bonds. The Bertz CT molecular complexity index is 1070. The second kappa shape index (κ2) is 8.42. The van der Waals surface area contributed by atoms with E-state index in [1.807, 2.05) is 6.07 Å². The Morgan fingerprint density at radius 3 is 2.79 bits per heavy atom. The van der Waals surface area contributed by atoms with Gasteiger partial charge < -0.3 is 4.90 Å². The average Bonchev–Trinajstić information content (AvgIpc) is 3.06.